The summed E-state index contributed by atoms with van der Waals surface area (Å²) in [7, 11) is 0. The highest BCUT2D eigenvalue weighted by atomic mass is 15.2. The highest BCUT2D eigenvalue weighted by Crippen LogP contribution is 2.18. The second-order valence-electron chi connectivity index (χ2n) is 4.90. The number of hydrogen-bond acceptors (Lipinski definition) is 4. The molecule has 1 aromatic carbocycles. The van der Waals surface area contributed by atoms with E-state index in [-0.39, 0.29) is 0 Å². The van der Waals surface area contributed by atoms with Gasteiger partial charge in [-0.05, 0) is 37.6 Å². The molecule has 0 aliphatic heterocycles. The fourth-order valence-corrected chi connectivity index (χ4v) is 1.75. The van der Waals surface area contributed by atoms with E-state index in [9.17, 15) is 0 Å². The molecule has 1 heterocycles. The van der Waals surface area contributed by atoms with Crippen molar-refractivity contribution in [2.24, 2.45) is 11.7 Å². The number of benzene rings is 1. The molecule has 4 nitrogen and oxygen atoms in total. The van der Waals surface area contributed by atoms with Gasteiger partial charge in [-0.3, -0.25) is 0 Å². The Kier molecular flexibility index (Phi) is 4.47. The monoisotopic (exact) mass is 256 g/mol. The van der Waals surface area contributed by atoms with Crippen LogP contribution in [0.4, 0.5) is 5.82 Å². The quantitative estimate of drug-likeness (QED) is 0.862. The molecule has 100 valence electrons. The number of nitrogens with two attached hydrogens (primary N) is 1. The van der Waals surface area contributed by atoms with E-state index in [1.807, 2.05) is 24.3 Å². The summed E-state index contributed by atoms with van der Waals surface area (Å²) in [6.07, 6.45) is 0. The zero-order valence-electron chi connectivity index (χ0n) is 11.4. The van der Waals surface area contributed by atoms with Gasteiger partial charge in [0.25, 0.3) is 0 Å². The van der Waals surface area contributed by atoms with Crippen molar-refractivity contribution >= 4 is 5.82 Å². The normalized spacial score (nSPS) is 12.2. The molecule has 0 aliphatic carbocycles. The second-order valence-corrected chi connectivity index (χ2v) is 4.90. The molecule has 4 heteroatoms. The maximum Gasteiger partial charge on any atom is 0.148 e. The summed E-state index contributed by atoms with van der Waals surface area (Å²) in [6.45, 7) is 5.65. The fourth-order valence-electron chi connectivity index (χ4n) is 1.75. The number of aromatic nitrogens is 2. The molecule has 1 unspecified atom stereocenters. The van der Waals surface area contributed by atoms with E-state index < -0.39 is 0 Å². The van der Waals surface area contributed by atoms with Crippen molar-refractivity contribution in [3.05, 3.63) is 42.0 Å². The van der Waals surface area contributed by atoms with Crippen molar-refractivity contribution in [1.29, 1.82) is 0 Å². The first kappa shape index (κ1) is 13.5. The van der Waals surface area contributed by atoms with Crippen LogP contribution >= 0.6 is 0 Å². The Morgan fingerprint density at radius 2 is 2.05 bits per heavy atom. The lowest BCUT2D eigenvalue weighted by molar-refractivity contribution is 0.626. The molecular formula is C15H20N4. The van der Waals surface area contributed by atoms with Crippen molar-refractivity contribution in [2.75, 3.05) is 18.4 Å². The van der Waals surface area contributed by atoms with E-state index in [1.165, 1.54) is 5.56 Å². The summed E-state index contributed by atoms with van der Waals surface area (Å²) in [5.74, 6) is 1.22. The maximum absolute atomic E-state index is 5.57. The Balaban J connectivity index is 2.06. The molecule has 2 rings (SSSR count). The van der Waals surface area contributed by atoms with Crippen molar-refractivity contribution in [3.8, 4) is 11.3 Å². The van der Waals surface area contributed by atoms with Gasteiger partial charge in [0.15, 0.2) is 0 Å². The molecule has 2 aromatic rings. The van der Waals surface area contributed by atoms with Crippen molar-refractivity contribution in [1.82, 2.24) is 10.2 Å². The van der Waals surface area contributed by atoms with E-state index in [2.05, 4.69) is 41.5 Å². The molecule has 0 bridgehead atoms. The molecule has 0 saturated heterocycles. The zero-order chi connectivity index (χ0) is 13.7. The van der Waals surface area contributed by atoms with Crippen LogP contribution in [0.15, 0.2) is 36.4 Å². The molecule has 0 amide bonds. The van der Waals surface area contributed by atoms with Gasteiger partial charge in [-0.15, -0.1) is 10.2 Å². The molecule has 0 radical (unpaired) electrons. The van der Waals surface area contributed by atoms with E-state index in [0.29, 0.717) is 12.5 Å². The minimum Gasteiger partial charge on any atom is -0.368 e. The lowest BCUT2D eigenvalue weighted by atomic mass is 10.1. The number of nitrogens with zero attached hydrogens (tertiary/aromatic N) is 2. The van der Waals surface area contributed by atoms with E-state index >= 15 is 0 Å². The van der Waals surface area contributed by atoms with Crippen LogP contribution in [0.25, 0.3) is 11.3 Å². The fraction of sp³-hybridized carbons (Fsp3) is 0.333. The third-order valence-electron chi connectivity index (χ3n) is 3.01. The summed E-state index contributed by atoms with van der Waals surface area (Å²) in [4.78, 5) is 0. The average molecular weight is 256 g/mol. The van der Waals surface area contributed by atoms with Gasteiger partial charge in [0.2, 0.25) is 0 Å². The first-order valence-corrected chi connectivity index (χ1v) is 6.53. The van der Waals surface area contributed by atoms with Gasteiger partial charge in [0, 0.05) is 12.1 Å². The topological polar surface area (TPSA) is 63.8 Å². The Hall–Kier alpha value is -1.94. The van der Waals surface area contributed by atoms with E-state index in [0.717, 1.165) is 23.6 Å². The van der Waals surface area contributed by atoms with Crippen LogP contribution in [0.1, 0.15) is 12.5 Å². The van der Waals surface area contributed by atoms with Gasteiger partial charge in [-0.25, -0.2) is 0 Å². The molecule has 0 saturated carbocycles. The summed E-state index contributed by atoms with van der Waals surface area (Å²) in [5.41, 5.74) is 8.78. The maximum atomic E-state index is 5.57. The Morgan fingerprint density at radius 3 is 2.68 bits per heavy atom. The van der Waals surface area contributed by atoms with Gasteiger partial charge < -0.3 is 11.1 Å². The third kappa shape index (κ3) is 3.76. The largest absolute Gasteiger partial charge is 0.368 e. The minimum absolute atomic E-state index is 0.429. The molecule has 0 aliphatic rings. The number of rotatable bonds is 5. The van der Waals surface area contributed by atoms with Crippen LogP contribution in [-0.4, -0.2) is 23.3 Å². The van der Waals surface area contributed by atoms with Crippen LogP contribution in [-0.2, 0) is 0 Å². The highest BCUT2D eigenvalue weighted by molar-refractivity contribution is 5.60. The van der Waals surface area contributed by atoms with Crippen molar-refractivity contribution < 1.29 is 0 Å². The number of anilines is 1. The molecule has 1 aromatic heterocycles. The number of aryl methyl sites for hydroxylation is 1. The number of nitrogens with one attached hydrogen (secondary N) is 1. The smallest absolute Gasteiger partial charge is 0.148 e. The van der Waals surface area contributed by atoms with Crippen LogP contribution < -0.4 is 11.1 Å². The lowest BCUT2D eigenvalue weighted by Gasteiger charge is -2.10. The summed E-state index contributed by atoms with van der Waals surface area (Å²) in [5, 5.41) is 11.7. The Morgan fingerprint density at radius 1 is 1.21 bits per heavy atom. The van der Waals surface area contributed by atoms with Crippen LogP contribution in [0.3, 0.4) is 0 Å². The van der Waals surface area contributed by atoms with E-state index in [1.54, 1.807) is 0 Å². The van der Waals surface area contributed by atoms with Gasteiger partial charge in [-0.1, -0.05) is 30.7 Å². The van der Waals surface area contributed by atoms with Crippen LogP contribution in [0.5, 0.6) is 0 Å². The predicted octanol–water partition coefficient (Wildman–Crippen LogP) is 2.46. The third-order valence-corrected chi connectivity index (χ3v) is 3.01. The standard InChI is InChI=1S/C15H20N4/c1-11-4-3-5-13(8-11)14-6-7-15(19-18-14)17-10-12(2)9-16/h3-8,12H,9-10,16H2,1-2H3,(H,17,19). The van der Waals surface area contributed by atoms with Crippen molar-refractivity contribution in [2.45, 2.75) is 13.8 Å². The van der Waals surface area contributed by atoms with Crippen LogP contribution in [0, 0.1) is 12.8 Å². The Labute approximate surface area is 114 Å². The van der Waals surface area contributed by atoms with Gasteiger partial charge in [-0.2, -0.15) is 0 Å². The van der Waals surface area contributed by atoms with Gasteiger partial charge in [0.05, 0.1) is 5.69 Å². The highest BCUT2D eigenvalue weighted by Gasteiger charge is 2.03. The van der Waals surface area contributed by atoms with Gasteiger partial charge >= 0.3 is 0 Å². The molecular weight excluding hydrogens is 236 g/mol. The average Bonchev–Trinajstić information content (AvgIpc) is 2.45. The minimum atomic E-state index is 0.429. The lowest BCUT2D eigenvalue weighted by Crippen LogP contribution is -2.20. The predicted molar refractivity (Wildman–Crippen MR) is 78.9 cm³/mol. The van der Waals surface area contributed by atoms with Crippen molar-refractivity contribution in [3.63, 3.8) is 0 Å². The molecule has 1 atom stereocenters. The summed E-state index contributed by atoms with van der Waals surface area (Å²) < 4.78 is 0. The SMILES string of the molecule is Cc1cccc(-c2ccc(NCC(C)CN)nn2)c1. The summed E-state index contributed by atoms with van der Waals surface area (Å²) >= 11 is 0. The Bertz CT molecular complexity index is 522. The van der Waals surface area contributed by atoms with Gasteiger partial charge in [0.1, 0.15) is 5.82 Å². The molecule has 0 fully saturated rings. The molecule has 3 N–H and O–H groups in total. The van der Waals surface area contributed by atoms with Crippen LogP contribution in [0.2, 0.25) is 0 Å². The molecule has 19 heavy (non-hydrogen) atoms. The second kappa shape index (κ2) is 6.29. The molecule has 0 spiro atoms. The number of hydrogen-bond donors (Lipinski definition) is 2. The first-order chi connectivity index (χ1) is 9.19. The summed E-state index contributed by atoms with van der Waals surface area (Å²) in [6, 6.07) is 12.2. The zero-order valence-corrected chi connectivity index (χ0v) is 11.4. The first-order valence-electron chi connectivity index (χ1n) is 6.53. The van der Waals surface area contributed by atoms with E-state index in [4.69, 9.17) is 5.73 Å².